The van der Waals surface area contributed by atoms with Gasteiger partial charge in [-0.25, -0.2) is 9.50 Å². The number of nitrogens with one attached hydrogen (secondary N) is 3. The van der Waals surface area contributed by atoms with Gasteiger partial charge >= 0.3 is 0 Å². The van der Waals surface area contributed by atoms with Crippen molar-refractivity contribution in [3.63, 3.8) is 0 Å². The van der Waals surface area contributed by atoms with Crippen LogP contribution < -0.4 is 21.9 Å². The van der Waals surface area contributed by atoms with E-state index >= 15 is 0 Å². The highest BCUT2D eigenvalue weighted by Gasteiger charge is 2.14. The van der Waals surface area contributed by atoms with Crippen LogP contribution in [0.3, 0.4) is 0 Å². The average molecular weight is 387 g/mol. The average Bonchev–Trinajstić information content (AvgIpc) is 3.08. The number of fused-ring (bicyclic) bond motifs is 1. The van der Waals surface area contributed by atoms with Crippen LogP contribution in [0, 0.1) is 5.92 Å². The number of carbonyl (C=O) groups excluding carboxylic acids is 1. The van der Waals surface area contributed by atoms with Crippen molar-refractivity contribution in [3.05, 3.63) is 46.6 Å². The number of rotatable bonds is 4. The maximum atomic E-state index is 11.7. The minimum absolute atomic E-state index is 0.150. The van der Waals surface area contributed by atoms with Crippen LogP contribution in [0.1, 0.15) is 45.1 Å². The third kappa shape index (κ3) is 5.83. The molecule has 0 spiro atoms. The molecule has 1 amide bonds. The molecule has 0 fully saturated rings. The fourth-order valence-corrected chi connectivity index (χ4v) is 2.04. The Labute approximate surface area is 164 Å². The molecule has 9 heteroatoms. The summed E-state index contributed by atoms with van der Waals surface area (Å²) in [4.78, 5) is 29.8. The summed E-state index contributed by atoms with van der Waals surface area (Å²) < 4.78 is 1.33. The van der Waals surface area contributed by atoms with Gasteiger partial charge in [0.25, 0.3) is 11.5 Å². The number of nitrogens with two attached hydrogens (primary N) is 1. The van der Waals surface area contributed by atoms with Gasteiger partial charge in [0.15, 0.2) is 11.5 Å². The number of H-pyrrole nitrogens is 1. The molecule has 3 rings (SSSR count). The highest BCUT2D eigenvalue weighted by atomic mass is 16.1. The molecule has 3 heterocycles. The lowest BCUT2D eigenvalue weighted by molar-refractivity contribution is 0.0993. The number of primary amides is 1. The number of aromatic amines is 1. The number of carbonyl (C=O) groups is 1. The molecule has 3 aromatic heterocycles. The fraction of sp³-hybridized carbons (Fsp3) is 0.368. The number of anilines is 3. The van der Waals surface area contributed by atoms with Crippen LogP contribution in [0.5, 0.6) is 0 Å². The van der Waals surface area contributed by atoms with E-state index in [1.807, 2.05) is 13.8 Å². The number of hydrogen-bond donors (Lipinski definition) is 4. The molecule has 0 saturated heterocycles. The van der Waals surface area contributed by atoms with E-state index in [1.165, 1.54) is 16.9 Å². The van der Waals surface area contributed by atoms with Gasteiger partial charge in [-0.1, -0.05) is 34.6 Å². The fourth-order valence-electron chi connectivity index (χ4n) is 2.04. The summed E-state index contributed by atoms with van der Waals surface area (Å²) >= 11 is 0. The normalized spacial score (nSPS) is 9.82. The summed E-state index contributed by atoms with van der Waals surface area (Å²) in [5, 5.41) is 10.1. The predicted octanol–water partition coefficient (Wildman–Crippen LogP) is 2.99. The first kappa shape index (κ1) is 22.7. The molecular weight excluding hydrogens is 358 g/mol. The summed E-state index contributed by atoms with van der Waals surface area (Å²) in [6.07, 6.45) is 2.88. The molecule has 0 unspecified atom stereocenters. The Morgan fingerprint density at radius 1 is 1.25 bits per heavy atom. The summed E-state index contributed by atoms with van der Waals surface area (Å²) in [5.41, 5.74) is 6.60. The van der Waals surface area contributed by atoms with Gasteiger partial charge in [-0.3, -0.25) is 9.59 Å². The van der Waals surface area contributed by atoms with E-state index in [0.717, 1.165) is 5.92 Å². The molecule has 28 heavy (non-hydrogen) atoms. The number of pyridine rings is 1. The molecule has 5 N–H and O–H groups in total. The van der Waals surface area contributed by atoms with Crippen molar-refractivity contribution >= 4 is 28.7 Å². The predicted molar refractivity (Wildman–Crippen MR) is 113 cm³/mol. The molecule has 0 aromatic carbocycles. The van der Waals surface area contributed by atoms with Crippen LogP contribution in [0.25, 0.3) is 5.65 Å². The molecule has 0 aliphatic rings. The molecule has 9 nitrogen and oxygen atoms in total. The second kappa shape index (κ2) is 10.7. The SMILES string of the molecule is CC.CC(C)C.CNc1cc(Nc2ccc[nH]c2=O)nn2c(C(N)=O)cnc12. The van der Waals surface area contributed by atoms with Gasteiger partial charge in [-0.15, -0.1) is 5.10 Å². The van der Waals surface area contributed by atoms with Crippen LogP contribution in [-0.4, -0.2) is 32.5 Å². The molecule has 0 radical (unpaired) electrons. The highest BCUT2D eigenvalue weighted by Crippen LogP contribution is 2.21. The Bertz CT molecular complexity index is 958. The summed E-state index contributed by atoms with van der Waals surface area (Å²) in [5.74, 6) is 0.561. The maximum absolute atomic E-state index is 11.7. The molecular formula is C19H29N7O2. The summed E-state index contributed by atoms with van der Waals surface area (Å²) in [6, 6.07) is 4.99. The third-order valence-electron chi connectivity index (χ3n) is 3.07. The van der Waals surface area contributed by atoms with Crippen molar-refractivity contribution in [2.24, 2.45) is 11.7 Å². The molecule has 0 aliphatic carbocycles. The van der Waals surface area contributed by atoms with Crippen molar-refractivity contribution in [1.82, 2.24) is 19.6 Å². The van der Waals surface area contributed by atoms with E-state index in [4.69, 9.17) is 5.73 Å². The van der Waals surface area contributed by atoms with Crippen molar-refractivity contribution < 1.29 is 4.79 Å². The second-order valence-electron chi connectivity index (χ2n) is 6.21. The summed E-state index contributed by atoms with van der Waals surface area (Å²) in [6.45, 7) is 10.5. The van der Waals surface area contributed by atoms with Crippen molar-refractivity contribution in [1.29, 1.82) is 0 Å². The summed E-state index contributed by atoms with van der Waals surface area (Å²) in [7, 11) is 1.72. The van der Waals surface area contributed by atoms with E-state index < -0.39 is 5.91 Å². The van der Waals surface area contributed by atoms with E-state index in [1.54, 1.807) is 25.2 Å². The zero-order valence-electron chi connectivity index (χ0n) is 17.2. The van der Waals surface area contributed by atoms with E-state index in [2.05, 4.69) is 46.5 Å². The van der Waals surface area contributed by atoms with Crippen molar-refractivity contribution in [2.45, 2.75) is 34.6 Å². The zero-order valence-corrected chi connectivity index (χ0v) is 17.2. The lowest BCUT2D eigenvalue weighted by atomic mass is 10.3. The Balaban J connectivity index is 0.000000583. The van der Waals surface area contributed by atoms with Gasteiger partial charge in [-0.05, 0) is 18.1 Å². The Kier molecular flexibility index (Phi) is 8.67. The topological polar surface area (TPSA) is 130 Å². The first-order chi connectivity index (χ1) is 13.3. The molecule has 3 aromatic rings. The first-order valence-electron chi connectivity index (χ1n) is 9.14. The monoisotopic (exact) mass is 387 g/mol. The van der Waals surface area contributed by atoms with Crippen LogP contribution >= 0.6 is 0 Å². The first-order valence-corrected chi connectivity index (χ1v) is 9.14. The van der Waals surface area contributed by atoms with Gasteiger partial charge < -0.3 is 21.4 Å². The zero-order chi connectivity index (χ0) is 21.3. The second-order valence-corrected chi connectivity index (χ2v) is 6.21. The van der Waals surface area contributed by atoms with Gasteiger partial charge in [0, 0.05) is 19.3 Å². The maximum Gasteiger partial charge on any atom is 0.271 e. The van der Waals surface area contributed by atoms with Crippen LogP contribution in [0.2, 0.25) is 0 Å². The van der Waals surface area contributed by atoms with Crippen molar-refractivity contribution in [2.75, 3.05) is 17.7 Å². The van der Waals surface area contributed by atoms with Crippen LogP contribution in [0.4, 0.5) is 17.2 Å². The number of aromatic nitrogens is 4. The van der Waals surface area contributed by atoms with Gasteiger partial charge in [-0.2, -0.15) is 0 Å². The smallest absolute Gasteiger partial charge is 0.271 e. The van der Waals surface area contributed by atoms with Gasteiger partial charge in [0.2, 0.25) is 0 Å². The van der Waals surface area contributed by atoms with E-state index in [-0.39, 0.29) is 11.3 Å². The molecule has 0 atom stereocenters. The molecule has 152 valence electrons. The Hall–Kier alpha value is -3.36. The van der Waals surface area contributed by atoms with E-state index in [0.29, 0.717) is 22.8 Å². The molecule has 0 aliphatic heterocycles. The lowest BCUT2D eigenvalue weighted by Crippen LogP contribution is -2.16. The number of amides is 1. The number of imidazole rings is 1. The minimum atomic E-state index is -0.642. The largest absolute Gasteiger partial charge is 0.385 e. The standard InChI is InChI=1S/C13H13N7O2.C4H10.C2H6/c1-15-8-5-10(18-7-3-2-4-16-13(7)22)19-20-9(11(14)21)6-17-12(8)20;1-4(2)3;1-2/h2-6,15H,1H3,(H2,14,21)(H,16,22)(H,18,19);4H,1-3H3;1-2H3. The minimum Gasteiger partial charge on any atom is -0.385 e. The Morgan fingerprint density at radius 2 is 1.89 bits per heavy atom. The van der Waals surface area contributed by atoms with Crippen LogP contribution in [-0.2, 0) is 0 Å². The molecule has 0 saturated carbocycles. The quantitative estimate of drug-likeness (QED) is 0.544. The Morgan fingerprint density at radius 3 is 2.43 bits per heavy atom. The van der Waals surface area contributed by atoms with Gasteiger partial charge in [0.1, 0.15) is 11.4 Å². The number of hydrogen-bond acceptors (Lipinski definition) is 6. The lowest BCUT2D eigenvalue weighted by Gasteiger charge is -2.09. The highest BCUT2D eigenvalue weighted by molar-refractivity contribution is 5.92. The number of nitrogens with zero attached hydrogens (tertiary/aromatic N) is 3. The van der Waals surface area contributed by atoms with Gasteiger partial charge in [0.05, 0.1) is 11.9 Å². The van der Waals surface area contributed by atoms with Crippen molar-refractivity contribution in [3.8, 4) is 0 Å². The van der Waals surface area contributed by atoms with Crippen LogP contribution in [0.15, 0.2) is 35.4 Å². The molecule has 0 bridgehead atoms. The van der Waals surface area contributed by atoms with E-state index in [9.17, 15) is 9.59 Å². The third-order valence-corrected chi connectivity index (χ3v) is 3.07.